The highest BCUT2D eigenvalue weighted by molar-refractivity contribution is 5.92. The summed E-state index contributed by atoms with van der Waals surface area (Å²) in [5, 5.41) is 12.7. The Kier molecular flexibility index (Phi) is 5.03. The van der Waals surface area contributed by atoms with Gasteiger partial charge in [-0.1, -0.05) is 13.0 Å². The van der Waals surface area contributed by atoms with E-state index in [0.29, 0.717) is 36.7 Å². The number of aliphatic hydroxyl groups is 1. The lowest BCUT2D eigenvalue weighted by atomic mass is 9.75. The minimum atomic E-state index is -0.311. The van der Waals surface area contributed by atoms with E-state index >= 15 is 0 Å². The molecule has 0 saturated heterocycles. The van der Waals surface area contributed by atoms with Crippen molar-refractivity contribution in [1.82, 2.24) is 15.3 Å². The maximum absolute atomic E-state index is 12.7. The predicted molar refractivity (Wildman–Crippen MR) is 90.3 cm³/mol. The van der Waals surface area contributed by atoms with Crippen molar-refractivity contribution in [2.75, 3.05) is 7.11 Å². The molecule has 1 saturated carbocycles. The molecule has 7 heteroatoms. The van der Waals surface area contributed by atoms with E-state index < -0.39 is 0 Å². The predicted octanol–water partition coefficient (Wildman–Crippen LogP) is 2.19. The second-order valence-corrected chi connectivity index (χ2v) is 6.35. The number of rotatable bonds is 6. The molecule has 0 bridgehead atoms. The van der Waals surface area contributed by atoms with E-state index in [1.165, 1.54) is 0 Å². The number of ether oxygens (including phenoxy) is 1. The van der Waals surface area contributed by atoms with E-state index in [4.69, 9.17) is 9.15 Å². The second-order valence-electron chi connectivity index (χ2n) is 6.35. The molecule has 0 aliphatic heterocycles. The molecular weight excluding hydrogens is 322 g/mol. The molecule has 1 fully saturated rings. The summed E-state index contributed by atoms with van der Waals surface area (Å²) in [6.07, 6.45) is 3.31. The van der Waals surface area contributed by atoms with Crippen molar-refractivity contribution in [3.63, 3.8) is 0 Å². The number of carbonyl (C=O) groups excluding carboxylic acids is 1. The number of aromatic nitrogens is 2. The fraction of sp³-hybridized carbons (Fsp3) is 0.500. The molecule has 2 aromatic heterocycles. The van der Waals surface area contributed by atoms with Gasteiger partial charge in [-0.3, -0.25) is 4.79 Å². The van der Waals surface area contributed by atoms with Crippen LogP contribution in [0.25, 0.3) is 0 Å². The van der Waals surface area contributed by atoms with Crippen LogP contribution in [0.15, 0.2) is 22.7 Å². The summed E-state index contributed by atoms with van der Waals surface area (Å²) in [6, 6.07) is 3.40. The van der Waals surface area contributed by atoms with Gasteiger partial charge in [-0.2, -0.15) is 0 Å². The summed E-state index contributed by atoms with van der Waals surface area (Å²) in [5.74, 6) is 1.16. The number of amides is 1. The van der Waals surface area contributed by atoms with Gasteiger partial charge in [0.1, 0.15) is 0 Å². The van der Waals surface area contributed by atoms with Crippen molar-refractivity contribution in [2.24, 2.45) is 5.92 Å². The number of oxazole rings is 1. The average Bonchev–Trinajstić information content (AvgIpc) is 2.98. The normalized spacial score (nSPS) is 20.6. The number of aryl methyl sites for hydroxylation is 2. The fourth-order valence-corrected chi connectivity index (χ4v) is 3.09. The van der Waals surface area contributed by atoms with Crippen LogP contribution in [0.1, 0.15) is 53.5 Å². The molecular formula is C18H23N3O4. The van der Waals surface area contributed by atoms with Crippen LogP contribution < -0.4 is 10.1 Å². The quantitative estimate of drug-likeness (QED) is 0.833. The molecule has 2 N–H and O–H groups in total. The van der Waals surface area contributed by atoms with Crippen LogP contribution >= 0.6 is 0 Å². The van der Waals surface area contributed by atoms with Crippen LogP contribution in [0, 0.1) is 12.8 Å². The Labute approximate surface area is 146 Å². The van der Waals surface area contributed by atoms with Gasteiger partial charge in [0, 0.05) is 18.7 Å². The van der Waals surface area contributed by atoms with Gasteiger partial charge in [0.05, 0.1) is 24.9 Å². The minimum Gasteiger partial charge on any atom is -0.481 e. The van der Waals surface area contributed by atoms with Crippen LogP contribution in [0.5, 0.6) is 5.88 Å². The number of hydrogen-bond acceptors (Lipinski definition) is 6. The van der Waals surface area contributed by atoms with Gasteiger partial charge in [0.15, 0.2) is 5.89 Å². The third-order valence-electron chi connectivity index (χ3n) is 4.58. The lowest BCUT2D eigenvalue weighted by Crippen LogP contribution is -2.41. The van der Waals surface area contributed by atoms with Crippen LogP contribution in [-0.4, -0.2) is 34.2 Å². The summed E-state index contributed by atoms with van der Waals surface area (Å²) in [5.41, 5.74) is 1.45. The zero-order chi connectivity index (χ0) is 18.0. The van der Waals surface area contributed by atoms with Gasteiger partial charge in [-0.05, 0) is 31.2 Å². The Morgan fingerprint density at radius 1 is 1.48 bits per heavy atom. The molecule has 25 heavy (non-hydrogen) atoms. The van der Waals surface area contributed by atoms with Crippen molar-refractivity contribution in [2.45, 2.75) is 45.3 Å². The summed E-state index contributed by atoms with van der Waals surface area (Å²) < 4.78 is 10.6. The summed E-state index contributed by atoms with van der Waals surface area (Å²) >= 11 is 0. The molecule has 1 amide bonds. The Bertz CT molecular complexity index is 735. The molecule has 0 radical (unpaired) electrons. The summed E-state index contributed by atoms with van der Waals surface area (Å²) in [6.45, 7) is 3.68. The molecule has 7 nitrogen and oxygen atoms in total. The van der Waals surface area contributed by atoms with E-state index in [1.54, 1.807) is 26.3 Å². The molecule has 134 valence electrons. The summed E-state index contributed by atoms with van der Waals surface area (Å²) in [7, 11) is 1.56. The Morgan fingerprint density at radius 2 is 2.24 bits per heavy atom. The first-order valence-electron chi connectivity index (χ1n) is 8.47. The smallest absolute Gasteiger partial charge is 0.289 e. The van der Waals surface area contributed by atoms with Gasteiger partial charge in [-0.25, -0.2) is 9.97 Å². The van der Waals surface area contributed by atoms with Crippen LogP contribution in [0.3, 0.4) is 0 Å². The molecule has 3 rings (SSSR count). The van der Waals surface area contributed by atoms with Crippen LogP contribution in [-0.2, 0) is 6.42 Å². The van der Waals surface area contributed by atoms with Crippen molar-refractivity contribution in [1.29, 1.82) is 0 Å². The van der Waals surface area contributed by atoms with E-state index in [-0.39, 0.29) is 29.7 Å². The van der Waals surface area contributed by atoms with Crippen molar-refractivity contribution in [3.05, 3.63) is 41.2 Å². The maximum Gasteiger partial charge on any atom is 0.289 e. The highest BCUT2D eigenvalue weighted by atomic mass is 16.5. The van der Waals surface area contributed by atoms with E-state index in [1.807, 2.05) is 13.0 Å². The zero-order valence-corrected chi connectivity index (χ0v) is 14.7. The highest BCUT2D eigenvalue weighted by Gasteiger charge is 2.36. The van der Waals surface area contributed by atoms with Crippen LogP contribution in [0.2, 0.25) is 0 Å². The minimum absolute atomic E-state index is 0.156. The SMILES string of the molecule is CCc1nc(C)c(C(=O)N[C@@H](c2ccc(OC)nc2)C2CC(O)C2)o1. The molecule has 0 aromatic carbocycles. The molecule has 1 aliphatic carbocycles. The summed E-state index contributed by atoms with van der Waals surface area (Å²) in [4.78, 5) is 21.1. The third-order valence-corrected chi connectivity index (χ3v) is 4.58. The molecule has 0 unspecified atom stereocenters. The van der Waals surface area contributed by atoms with Crippen molar-refractivity contribution < 1.29 is 19.1 Å². The number of pyridine rings is 1. The molecule has 2 heterocycles. The maximum atomic E-state index is 12.7. The van der Waals surface area contributed by atoms with E-state index in [0.717, 1.165) is 5.56 Å². The molecule has 0 spiro atoms. The Morgan fingerprint density at radius 3 is 2.76 bits per heavy atom. The van der Waals surface area contributed by atoms with E-state index in [2.05, 4.69) is 15.3 Å². The monoisotopic (exact) mass is 345 g/mol. The topological polar surface area (TPSA) is 97.5 Å². The van der Waals surface area contributed by atoms with Gasteiger partial charge in [-0.15, -0.1) is 0 Å². The third kappa shape index (κ3) is 3.66. The Hall–Kier alpha value is -2.41. The first kappa shape index (κ1) is 17.4. The first-order valence-corrected chi connectivity index (χ1v) is 8.47. The lowest BCUT2D eigenvalue weighted by molar-refractivity contribution is 0.0231. The van der Waals surface area contributed by atoms with Gasteiger partial charge >= 0.3 is 0 Å². The first-order chi connectivity index (χ1) is 12.0. The van der Waals surface area contributed by atoms with E-state index in [9.17, 15) is 9.90 Å². The fourth-order valence-electron chi connectivity index (χ4n) is 3.09. The standard InChI is InChI=1S/C18H23N3O4/c1-4-14-20-10(2)17(25-14)18(23)21-16(12-7-13(22)8-12)11-5-6-15(24-3)19-9-11/h5-6,9,12-13,16,22H,4,7-8H2,1-3H3,(H,21,23)/t12?,13?,16-/m0/s1. The number of nitrogens with one attached hydrogen (secondary N) is 1. The van der Waals surface area contributed by atoms with Crippen molar-refractivity contribution in [3.8, 4) is 5.88 Å². The zero-order valence-electron chi connectivity index (χ0n) is 14.7. The van der Waals surface area contributed by atoms with Gasteiger partial charge in [0.25, 0.3) is 5.91 Å². The highest BCUT2D eigenvalue weighted by Crippen LogP contribution is 2.38. The number of carbonyl (C=O) groups is 1. The second kappa shape index (κ2) is 7.23. The largest absolute Gasteiger partial charge is 0.481 e. The molecule has 1 aliphatic rings. The molecule has 2 aromatic rings. The number of methoxy groups -OCH3 is 1. The van der Waals surface area contributed by atoms with Crippen LogP contribution in [0.4, 0.5) is 0 Å². The average molecular weight is 345 g/mol. The number of hydrogen-bond donors (Lipinski definition) is 2. The number of aliphatic hydroxyl groups excluding tert-OH is 1. The Balaban J connectivity index is 1.81. The van der Waals surface area contributed by atoms with Crippen molar-refractivity contribution >= 4 is 5.91 Å². The molecule has 1 atom stereocenters. The van der Waals surface area contributed by atoms with Gasteiger partial charge in [0.2, 0.25) is 11.6 Å². The number of nitrogens with zero attached hydrogens (tertiary/aromatic N) is 2. The van der Waals surface area contributed by atoms with Gasteiger partial charge < -0.3 is 19.6 Å². The lowest BCUT2D eigenvalue weighted by Gasteiger charge is -2.38.